The molecule has 0 saturated heterocycles. The second-order valence-electron chi connectivity index (χ2n) is 4.54. The molecule has 0 atom stereocenters. The number of nitrogens with zero attached hydrogens (tertiary/aromatic N) is 1. The maximum atomic E-state index is 12.3. The highest BCUT2D eigenvalue weighted by Crippen LogP contribution is 2.25. The molecule has 0 radical (unpaired) electrons. The van der Waals surface area contributed by atoms with Crippen molar-refractivity contribution in [3.05, 3.63) is 69.9 Å². The van der Waals surface area contributed by atoms with Crippen molar-refractivity contribution >= 4 is 11.9 Å². The molecule has 0 heterocycles. The van der Waals surface area contributed by atoms with Crippen LogP contribution in [0.2, 0.25) is 0 Å². The molecule has 92 valence electrons. The predicted octanol–water partition coefficient (Wildman–Crippen LogP) is 3.87. The largest absolute Gasteiger partial charge is 0.618 e. The van der Waals surface area contributed by atoms with Crippen LogP contribution in [0, 0.1) is 26.0 Å². The summed E-state index contributed by atoms with van der Waals surface area (Å²) in [6, 6.07) is 13.7. The highest BCUT2D eigenvalue weighted by atomic mass is 16.5. The van der Waals surface area contributed by atoms with Crippen molar-refractivity contribution in [3.8, 4) is 0 Å². The van der Waals surface area contributed by atoms with Crippen LogP contribution in [-0.4, -0.2) is 11.0 Å². The van der Waals surface area contributed by atoms with E-state index in [0.717, 1.165) is 32.7 Å². The number of hydrogen-bond donors (Lipinski definition) is 0. The van der Waals surface area contributed by atoms with Gasteiger partial charge in [-0.2, -0.15) is 4.74 Å². The average molecular weight is 239 g/mol. The van der Waals surface area contributed by atoms with Crippen molar-refractivity contribution in [3.63, 3.8) is 0 Å². The molecule has 18 heavy (non-hydrogen) atoms. The quantitative estimate of drug-likeness (QED) is 0.338. The van der Waals surface area contributed by atoms with Crippen LogP contribution in [-0.2, 0) is 0 Å². The Bertz CT molecular complexity index is 586. The molecular weight excluding hydrogens is 222 g/mol. The van der Waals surface area contributed by atoms with E-state index in [1.165, 1.54) is 0 Å². The van der Waals surface area contributed by atoms with E-state index in [1.807, 2.05) is 63.2 Å². The molecule has 0 fully saturated rings. The molecule has 2 rings (SSSR count). The first kappa shape index (κ1) is 12.4. The molecule has 0 aliphatic rings. The van der Waals surface area contributed by atoms with Crippen molar-refractivity contribution in [2.24, 2.45) is 0 Å². The van der Waals surface area contributed by atoms with Gasteiger partial charge in [0.1, 0.15) is 0 Å². The van der Waals surface area contributed by atoms with Crippen LogP contribution in [0.25, 0.3) is 0 Å². The minimum atomic E-state index is 0.749. The molecule has 2 nitrogen and oxygen atoms in total. The first-order chi connectivity index (χ1) is 8.59. The smallest absolute Gasteiger partial charge is 0.222 e. The lowest BCUT2D eigenvalue weighted by atomic mass is 10.0. The van der Waals surface area contributed by atoms with Crippen molar-refractivity contribution in [1.82, 2.24) is 0 Å². The zero-order valence-electron chi connectivity index (χ0n) is 11.0. The molecule has 2 aromatic rings. The van der Waals surface area contributed by atoms with Gasteiger partial charge in [-0.25, -0.2) is 0 Å². The standard InChI is InChI=1S/C16H17NO/c1-12-9-10-13(2)16(14(12)3)17(18)11-15-7-5-4-6-8-15/h4-11H,1-3H3. The summed E-state index contributed by atoms with van der Waals surface area (Å²) in [5.74, 6) is 0. The minimum absolute atomic E-state index is 0.749. The molecule has 0 spiro atoms. The number of rotatable bonds is 2. The maximum Gasteiger partial charge on any atom is 0.222 e. The molecule has 0 bridgehead atoms. The Hall–Kier alpha value is -2.09. The zero-order chi connectivity index (χ0) is 13.1. The summed E-state index contributed by atoms with van der Waals surface area (Å²) >= 11 is 0. The molecule has 0 saturated carbocycles. The summed E-state index contributed by atoms with van der Waals surface area (Å²) in [4.78, 5) is 0. The van der Waals surface area contributed by atoms with Crippen LogP contribution >= 0.6 is 0 Å². The van der Waals surface area contributed by atoms with Gasteiger partial charge >= 0.3 is 0 Å². The van der Waals surface area contributed by atoms with Gasteiger partial charge in [0.15, 0.2) is 6.21 Å². The van der Waals surface area contributed by atoms with Crippen LogP contribution in [0.1, 0.15) is 22.3 Å². The lowest BCUT2D eigenvalue weighted by Gasteiger charge is -2.11. The van der Waals surface area contributed by atoms with E-state index in [9.17, 15) is 5.21 Å². The first-order valence-corrected chi connectivity index (χ1v) is 6.02. The SMILES string of the molecule is Cc1ccc(C)c([N+]([O-])=Cc2ccccc2)c1C. The summed E-state index contributed by atoms with van der Waals surface area (Å²) in [7, 11) is 0. The zero-order valence-corrected chi connectivity index (χ0v) is 11.0. The Morgan fingerprint density at radius 1 is 0.889 bits per heavy atom. The normalized spacial score (nSPS) is 11.6. The first-order valence-electron chi connectivity index (χ1n) is 6.02. The topological polar surface area (TPSA) is 26.1 Å². The Kier molecular flexibility index (Phi) is 3.47. The van der Waals surface area contributed by atoms with Crippen molar-refractivity contribution in [1.29, 1.82) is 0 Å². The van der Waals surface area contributed by atoms with E-state index >= 15 is 0 Å². The van der Waals surface area contributed by atoms with Gasteiger partial charge in [0.05, 0.1) is 0 Å². The van der Waals surface area contributed by atoms with Crippen molar-refractivity contribution < 1.29 is 4.74 Å². The van der Waals surface area contributed by atoms with Crippen molar-refractivity contribution in [2.45, 2.75) is 20.8 Å². The van der Waals surface area contributed by atoms with Crippen LogP contribution in [0.4, 0.5) is 5.69 Å². The molecule has 0 aliphatic carbocycles. The highest BCUT2D eigenvalue weighted by molar-refractivity contribution is 5.77. The molecule has 0 aliphatic heterocycles. The van der Waals surface area contributed by atoms with Gasteiger partial charge in [0.25, 0.3) is 0 Å². The lowest BCUT2D eigenvalue weighted by Crippen LogP contribution is -2.03. The third-order valence-corrected chi connectivity index (χ3v) is 3.19. The van der Waals surface area contributed by atoms with Crippen LogP contribution < -0.4 is 0 Å². The molecule has 0 N–H and O–H groups in total. The molecule has 2 aromatic carbocycles. The van der Waals surface area contributed by atoms with Gasteiger partial charge in [-0.3, -0.25) is 0 Å². The summed E-state index contributed by atoms with van der Waals surface area (Å²) < 4.78 is 0.965. The minimum Gasteiger partial charge on any atom is -0.618 e. The van der Waals surface area contributed by atoms with Gasteiger partial charge in [0.2, 0.25) is 5.69 Å². The summed E-state index contributed by atoms with van der Waals surface area (Å²) in [5.41, 5.74) is 4.84. The second-order valence-corrected chi connectivity index (χ2v) is 4.54. The van der Waals surface area contributed by atoms with Gasteiger partial charge < -0.3 is 5.21 Å². The van der Waals surface area contributed by atoms with E-state index in [4.69, 9.17) is 0 Å². The Balaban J connectivity index is 2.50. The predicted molar refractivity (Wildman–Crippen MR) is 75.5 cm³/mol. The Morgan fingerprint density at radius 2 is 1.50 bits per heavy atom. The van der Waals surface area contributed by atoms with Crippen LogP contribution in [0.3, 0.4) is 0 Å². The maximum absolute atomic E-state index is 12.3. The fourth-order valence-electron chi connectivity index (χ4n) is 2.01. The van der Waals surface area contributed by atoms with E-state index in [-0.39, 0.29) is 0 Å². The monoisotopic (exact) mass is 239 g/mol. The van der Waals surface area contributed by atoms with Gasteiger partial charge in [0, 0.05) is 16.7 Å². The summed E-state index contributed by atoms with van der Waals surface area (Å²) in [5, 5.41) is 12.3. The second kappa shape index (κ2) is 5.05. The van der Waals surface area contributed by atoms with E-state index in [1.54, 1.807) is 6.21 Å². The van der Waals surface area contributed by atoms with Crippen LogP contribution in [0.5, 0.6) is 0 Å². The molecule has 0 unspecified atom stereocenters. The fourth-order valence-corrected chi connectivity index (χ4v) is 2.01. The third-order valence-electron chi connectivity index (χ3n) is 3.19. The van der Waals surface area contributed by atoms with Crippen molar-refractivity contribution in [2.75, 3.05) is 0 Å². The number of aryl methyl sites for hydroxylation is 2. The van der Waals surface area contributed by atoms with Gasteiger partial charge in [-0.15, -0.1) is 0 Å². The highest BCUT2D eigenvalue weighted by Gasteiger charge is 2.12. The lowest BCUT2D eigenvalue weighted by molar-refractivity contribution is -0.355. The molecular formula is C16H17NO. The molecule has 2 heteroatoms. The van der Waals surface area contributed by atoms with Gasteiger partial charge in [-0.05, 0) is 38.5 Å². The van der Waals surface area contributed by atoms with Gasteiger partial charge in [-0.1, -0.05) is 30.3 Å². The molecule has 0 amide bonds. The summed E-state index contributed by atoms with van der Waals surface area (Å²) in [6.45, 7) is 5.97. The third kappa shape index (κ3) is 2.43. The van der Waals surface area contributed by atoms with Crippen LogP contribution in [0.15, 0.2) is 42.5 Å². The average Bonchev–Trinajstić information content (AvgIpc) is 2.36. The van der Waals surface area contributed by atoms with E-state index in [2.05, 4.69) is 0 Å². The number of hydrogen-bond acceptors (Lipinski definition) is 1. The Labute approximate surface area is 108 Å². The summed E-state index contributed by atoms with van der Waals surface area (Å²) in [6.07, 6.45) is 1.62. The molecule has 0 aromatic heterocycles. The number of benzene rings is 2. The Morgan fingerprint density at radius 3 is 2.17 bits per heavy atom. The van der Waals surface area contributed by atoms with E-state index in [0.29, 0.717) is 0 Å². The fraction of sp³-hybridized carbons (Fsp3) is 0.188. The van der Waals surface area contributed by atoms with E-state index < -0.39 is 0 Å².